The standard InChI is InChI=1S/C15H22N2O3/c1-19-14-4-2-13(3-5-14)15(18)12-16-6-7-17-8-10-20-11-9-17/h2-5,16H,6-12H2,1H3. The lowest BCUT2D eigenvalue weighted by Gasteiger charge is -2.26. The maximum Gasteiger partial charge on any atom is 0.176 e. The first kappa shape index (κ1) is 15.0. The monoisotopic (exact) mass is 278 g/mol. The third-order valence-electron chi connectivity index (χ3n) is 3.41. The van der Waals surface area contributed by atoms with Gasteiger partial charge in [-0.15, -0.1) is 0 Å². The SMILES string of the molecule is COc1ccc(C(=O)CNCCN2CCOCC2)cc1. The van der Waals surface area contributed by atoms with Crippen LogP contribution < -0.4 is 10.1 Å². The summed E-state index contributed by atoms with van der Waals surface area (Å²) >= 11 is 0. The van der Waals surface area contributed by atoms with Crippen LogP contribution in [0, 0.1) is 0 Å². The second-order valence-corrected chi connectivity index (χ2v) is 4.78. The van der Waals surface area contributed by atoms with Crippen molar-refractivity contribution in [1.29, 1.82) is 0 Å². The van der Waals surface area contributed by atoms with E-state index < -0.39 is 0 Å². The van der Waals surface area contributed by atoms with Gasteiger partial charge in [-0.25, -0.2) is 0 Å². The molecule has 110 valence electrons. The fourth-order valence-corrected chi connectivity index (χ4v) is 2.14. The summed E-state index contributed by atoms with van der Waals surface area (Å²) in [5, 5.41) is 3.20. The number of nitrogens with one attached hydrogen (secondary N) is 1. The molecule has 1 fully saturated rings. The summed E-state index contributed by atoms with van der Waals surface area (Å²) in [6, 6.07) is 7.21. The number of Topliss-reactive ketones (excluding diaryl/α,β-unsaturated/α-hetero) is 1. The molecule has 0 radical (unpaired) electrons. The fourth-order valence-electron chi connectivity index (χ4n) is 2.14. The number of carbonyl (C=O) groups excluding carboxylic acids is 1. The molecule has 1 N–H and O–H groups in total. The minimum absolute atomic E-state index is 0.106. The Morgan fingerprint density at radius 2 is 2.00 bits per heavy atom. The molecular formula is C15H22N2O3. The molecule has 0 atom stereocenters. The number of hydrogen-bond acceptors (Lipinski definition) is 5. The minimum Gasteiger partial charge on any atom is -0.497 e. The van der Waals surface area contributed by atoms with Gasteiger partial charge in [0.2, 0.25) is 0 Å². The lowest BCUT2D eigenvalue weighted by atomic mass is 10.1. The first-order chi connectivity index (χ1) is 9.79. The molecule has 0 amide bonds. The molecular weight excluding hydrogens is 256 g/mol. The smallest absolute Gasteiger partial charge is 0.176 e. The van der Waals surface area contributed by atoms with Crippen LogP contribution in [0.2, 0.25) is 0 Å². The van der Waals surface area contributed by atoms with E-state index in [0.29, 0.717) is 12.1 Å². The van der Waals surface area contributed by atoms with Crippen LogP contribution in [0.4, 0.5) is 0 Å². The highest BCUT2D eigenvalue weighted by Crippen LogP contribution is 2.11. The number of morpholine rings is 1. The highest BCUT2D eigenvalue weighted by Gasteiger charge is 2.10. The van der Waals surface area contributed by atoms with Crippen LogP contribution in [0.3, 0.4) is 0 Å². The summed E-state index contributed by atoms with van der Waals surface area (Å²) in [5.41, 5.74) is 0.713. The molecule has 1 aromatic carbocycles. The average molecular weight is 278 g/mol. The van der Waals surface area contributed by atoms with Gasteiger partial charge in [-0.05, 0) is 24.3 Å². The molecule has 0 unspecified atom stereocenters. The van der Waals surface area contributed by atoms with E-state index in [1.807, 2.05) is 0 Å². The number of hydrogen-bond donors (Lipinski definition) is 1. The van der Waals surface area contributed by atoms with Crippen LogP contribution in [0.15, 0.2) is 24.3 Å². The van der Waals surface area contributed by atoms with Crippen molar-refractivity contribution < 1.29 is 14.3 Å². The molecule has 1 saturated heterocycles. The Hall–Kier alpha value is -1.43. The molecule has 1 aromatic rings. The Labute approximate surface area is 119 Å². The lowest BCUT2D eigenvalue weighted by Crippen LogP contribution is -2.41. The van der Waals surface area contributed by atoms with Crippen molar-refractivity contribution >= 4 is 5.78 Å². The predicted molar refractivity (Wildman–Crippen MR) is 77.5 cm³/mol. The number of carbonyl (C=O) groups is 1. The first-order valence-electron chi connectivity index (χ1n) is 6.97. The van der Waals surface area contributed by atoms with E-state index in [0.717, 1.165) is 45.1 Å². The molecule has 0 aromatic heterocycles. The van der Waals surface area contributed by atoms with Gasteiger partial charge in [-0.1, -0.05) is 0 Å². The largest absolute Gasteiger partial charge is 0.497 e. The van der Waals surface area contributed by atoms with Crippen molar-refractivity contribution in [2.75, 3.05) is 53.0 Å². The zero-order valence-corrected chi connectivity index (χ0v) is 11.9. The van der Waals surface area contributed by atoms with Crippen LogP contribution in [-0.4, -0.2) is 63.7 Å². The maximum absolute atomic E-state index is 12.0. The van der Waals surface area contributed by atoms with Gasteiger partial charge in [0.15, 0.2) is 5.78 Å². The summed E-state index contributed by atoms with van der Waals surface area (Å²) in [5.74, 6) is 0.872. The van der Waals surface area contributed by atoms with Gasteiger partial charge in [-0.2, -0.15) is 0 Å². The topological polar surface area (TPSA) is 50.8 Å². The molecule has 20 heavy (non-hydrogen) atoms. The Morgan fingerprint density at radius 1 is 1.30 bits per heavy atom. The van der Waals surface area contributed by atoms with Gasteiger partial charge >= 0.3 is 0 Å². The van der Waals surface area contributed by atoms with E-state index in [1.54, 1.807) is 31.4 Å². The number of benzene rings is 1. The number of nitrogens with zero attached hydrogens (tertiary/aromatic N) is 1. The molecule has 2 rings (SSSR count). The molecule has 0 spiro atoms. The summed E-state index contributed by atoms with van der Waals surface area (Å²) < 4.78 is 10.4. The van der Waals surface area contributed by atoms with Crippen LogP contribution in [0.5, 0.6) is 5.75 Å². The average Bonchev–Trinajstić information content (AvgIpc) is 2.52. The van der Waals surface area contributed by atoms with E-state index in [4.69, 9.17) is 9.47 Å². The van der Waals surface area contributed by atoms with Gasteiger partial charge in [0.05, 0.1) is 26.9 Å². The predicted octanol–water partition coefficient (Wildman–Crippen LogP) is 0.800. The van der Waals surface area contributed by atoms with E-state index in [-0.39, 0.29) is 5.78 Å². The van der Waals surface area contributed by atoms with Gasteiger partial charge < -0.3 is 14.8 Å². The van der Waals surface area contributed by atoms with Crippen molar-refractivity contribution in [3.8, 4) is 5.75 Å². The molecule has 1 aliphatic rings. The second kappa shape index (κ2) is 7.99. The van der Waals surface area contributed by atoms with Crippen LogP contribution in [0.25, 0.3) is 0 Å². The van der Waals surface area contributed by atoms with Crippen LogP contribution >= 0.6 is 0 Å². The van der Waals surface area contributed by atoms with E-state index in [2.05, 4.69) is 10.2 Å². The number of rotatable bonds is 7. The van der Waals surface area contributed by atoms with Crippen molar-refractivity contribution in [3.05, 3.63) is 29.8 Å². The molecule has 5 nitrogen and oxygen atoms in total. The number of ketones is 1. The molecule has 0 saturated carbocycles. The normalized spacial score (nSPS) is 16.1. The third-order valence-corrected chi connectivity index (χ3v) is 3.41. The second-order valence-electron chi connectivity index (χ2n) is 4.78. The van der Waals surface area contributed by atoms with Crippen LogP contribution in [0.1, 0.15) is 10.4 Å². The van der Waals surface area contributed by atoms with Gasteiger partial charge in [-0.3, -0.25) is 9.69 Å². The van der Waals surface area contributed by atoms with Gasteiger partial charge in [0.1, 0.15) is 5.75 Å². The Balaban J connectivity index is 1.66. The summed E-state index contributed by atoms with van der Waals surface area (Å²) in [6.07, 6.45) is 0. The third kappa shape index (κ3) is 4.59. The van der Waals surface area contributed by atoms with E-state index in [9.17, 15) is 4.79 Å². The van der Waals surface area contributed by atoms with E-state index in [1.165, 1.54) is 0 Å². The number of methoxy groups -OCH3 is 1. The lowest BCUT2D eigenvalue weighted by molar-refractivity contribution is 0.0384. The highest BCUT2D eigenvalue weighted by atomic mass is 16.5. The zero-order valence-electron chi connectivity index (χ0n) is 11.9. The van der Waals surface area contributed by atoms with Crippen molar-refractivity contribution in [2.45, 2.75) is 0 Å². The van der Waals surface area contributed by atoms with E-state index >= 15 is 0 Å². The zero-order chi connectivity index (χ0) is 14.2. The summed E-state index contributed by atoms with van der Waals surface area (Å²) in [7, 11) is 1.62. The van der Waals surface area contributed by atoms with Crippen molar-refractivity contribution in [3.63, 3.8) is 0 Å². The van der Waals surface area contributed by atoms with Gasteiger partial charge in [0.25, 0.3) is 0 Å². The van der Waals surface area contributed by atoms with Crippen molar-refractivity contribution in [1.82, 2.24) is 10.2 Å². The maximum atomic E-state index is 12.0. The Morgan fingerprint density at radius 3 is 2.65 bits per heavy atom. The van der Waals surface area contributed by atoms with Crippen molar-refractivity contribution in [2.24, 2.45) is 0 Å². The molecule has 5 heteroatoms. The molecule has 0 aliphatic carbocycles. The minimum atomic E-state index is 0.106. The first-order valence-corrected chi connectivity index (χ1v) is 6.97. The van der Waals surface area contributed by atoms with Crippen LogP contribution in [-0.2, 0) is 4.74 Å². The molecule has 1 aliphatic heterocycles. The molecule has 0 bridgehead atoms. The Kier molecular flexibility index (Phi) is 5.98. The Bertz CT molecular complexity index is 414. The number of ether oxygens (including phenoxy) is 2. The summed E-state index contributed by atoms with van der Waals surface area (Å²) in [6.45, 7) is 5.73. The molecule has 1 heterocycles. The van der Waals surface area contributed by atoms with Gasteiger partial charge in [0, 0.05) is 31.7 Å². The summed E-state index contributed by atoms with van der Waals surface area (Å²) in [4.78, 5) is 14.3. The fraction of sp³-hybridized carbons (Fsp3) is 0.533. The quantitative estimate of drug-likeness (QED) is 0.590. The highest BCUT2D eigenvalue weighted by molar-refractivity contribution is 5.97.